The zero-order valence-electron chi connectivity index (χ0n) is 7.93. The van der Waals surface area contributed by atoms with Gasteiger partial charge in [-0.25, -0.2) is 4.98 Å². The van der Waals surface area contributed by atoms with Gasteiger partial charge in [0.2, 0.25) is 0 Å². The van der Waals surface area contributed by atoms with E-state index in [9.17, 15) is 13.2 Å². The first kappa shape index (κ1) is 11.0. The van der Waals surface area contributed by atoms with Crippen molar-refractivity contribution in [3.05, 3.63) is 17.7 Å². The van der Waals surface area contributed by atoms with E-state index in [-0.39, 0.29) is 13.2 Å². The summed E-state index contributed by atoms with van der Waals surface area (Å²) in [6, 6.07) is 0. The first-order valence-corrected chi connectivity index (χ1v) is 4.09. The van der Waals surface area contributed by atoms with Crippen LogP contribution < -0.4 is 0 Å². The van der Waals surface area contributed by atoms with E-state index >= 15 is 0 Å². The minimum Gasteiger partial charge on any atom is -0.332 e. The number of hydrogen-bond donors (Lipinski definition) is 0. The molecule has 0 aromatic carbocycles. The van der Waals surface area contributed by atoms with Crippen LogP contribution in [0.3, 0.4) is 0 Å². The van der Waals surface area contributed by atoms with E-state index in [0.717, 1.165) is 11.4 Å². The molecule has 0 aliphatic carbocycles. The molecule has 1 aromatic heterocycles. The van der Waals surface area contributed by atoms with Crippen LogP contribution in [0.25, 0.3) is 0 Å². The van der Waals surface area contributed by atoms with Crippen molar-refractivity contribution in [1.29, 1.82) is 0 Å². The van der Waals surface area contributed by atoms with E-state index in [2.05, 4.69) is 9.72 Å². The highest BCUT2D eigenvalue weighted by molar-refractivity contribution is 5.08. The van der Waals surface area contributed by atoms with Crippen LogP contribution in [0.2, 0.25) is 0 Å². The van der Waals surface area contributed by atoms with Crippen molar-refractivity contribution in [2.75, 3.05) is 6.61 Å². The number of halogens is 3. The maximum absolute atomic E-state index is 11.6. The van der Waals surface area contributed by atoms with E-state index in [1.165, 1.54) is 6.33 Å². The molecule has 0 N–H and O–H groups in total. The highest BCUT2D eigenvalue weighted by Crippen LogP contribution is 2.16. The molecule has 0 amide bonds. The Morgan fingerprint density at radius 2 is 2.07 bits per heavy atom. The Hall–Kier alpha value is -1.04. The van der Waals surface area contributed by atoms with Gasteiger partial charge in [-0.15, -0.1) is 13.2 Å². The van der Waals surface area contributed by atoms with E-state index in [1.807, 2.05) is 0 Å². The topological polar surface area (TPSA) is 27.1 Å². The van der Waals surface area contributed by atoms with Crippen molar-refractivity contribution in [2.45, 2.75) is 26.8 Å². The summed E-state index contributed by atoms with van der Waals surface area (Å²) < 4.78 is 40.1. The Labute approximate surface area is 79.5 Å². The average molecular weight is 208 g/mol. The van der Waals surface area contributed by atoms with Crippen LogP contribution in [0, 0.1) is 13.8 Å². The Bertz CT molecular complexity index is 306. The predicted octanol–water partition coefficient (Wildman–Crippen LogP) is 2.04. The van der Waals surface area contributed by atoms with Crippen molar-refractivity contribution in [3.8, 4) is 0 Å². The zero-order valence-corrected chi connectivity index (χ0v) is 7.93. The normalized spacial score (nSPS) is 12.1. The highest BCUT2D eigenvalue weighted by atomic mass is 19.4. The fraction of sp³-hybridized carbons (Fsp3) is 0.625. The van der Waals surface area contributed by atoms with Crippen LogP contribution in [0.4, 0.5) is 13.2 Å². The Balaban J connectivity index is 2.43. The van der Waals surface area contributed by atoms with Crippen LogP contribution >= 0.6 is 0 Å². The third kappa shape index (κ3) is 3.02. The van der Waals surface area contributed by atoms with Gasteiger partial charge in [0, 0.05) is 12.2 Å². The van der Waals surface area contributed by atoms with Crippen LogP contribution in [0.5, 0.6) is 0 Å². The number of imidazole rings is 1. The van der Waals surface area contributed by atoms with Crippen LogP contribution in [0.1, 0.15) is 11.4 Å². The minimum absolute atomic E-state index is 0.159. The fourth-order valence-electron chi connectivity index (χ4n) is 1.03. The van der Waals surface area contributed by atoms with Crippen molar-refractivity contribution >= 4 is 0 Å². The molecule has 1 rings (SSSR count). The molecule has 6 heteroatoms. The summed E-state index contributed by atoms with van der Waals surface area (Å²) in [5.74, 6) is 0. The van der Waals surface area contributed by atoms with Crippen LogP contribution in [-0.4, -0.2) is 22.5 Å². The summed E-state index contributed by atoms with van der Waals surface area (Å²) in [7, 11) is 0. The minimum atomic E-state index is -4.55. The van der Waals surface area contributed by atoms with Crippen LogP contribution in [0.15, 0.2) is 6.33 Å². The van der Waals surface area contributed by atoms with Gasteiger partial charge in [-0.3, -0.25) is 4.74 Å². The molecular weight excluding hydrogens is 197 g/mol. The molecule has 0 spiro atoms. The first-order chi connectivity index (χ1) is 6.40. The van der Waals surface area contributed by atoms with Crippen molar-refractivity contribution in [3.63, 3.8) is 0 Å². The summed E-state index contributed by atoms with van der Waals surface area (Å²) in [5, 5.41) is 0. The Morgan fingerprint density at radius 1 is 1.43 bits per heavy atom. The Kier molecular flexibility index (Phi) is 3.15. The van der Waals surface area contributed by atoms with Crippen molar-refractivity contribution in [1.82, 2.24) is 9.55 Å². The molecule has 1 heterocycles. The summed E-state index contributed by atoms with van der Waals surface area (Å²) in [5.41, 5.74) is 1.67. The van der Waals surface area contributed by atoms with E-state index < -0.39 is 6.36 Å². The molecule has 0 atom stereocenters. The van der Waals surface area contributed by atoms with Gasteiger partial charge >= 0.3 is 6.36 Å². The molecule has 0 fully saturated rings. The molecule has 0 bridgehead atoms. The number of alkyl halides is 3. The number of aromatic nitrogens is 2. The van der Waals surface area contributed by atoms with Gasteiger partial charge in [0.15, 0.2) is 0 Å². The van der Waals surface area contributed by atoms with Gasteiger partial charge in [-0.2, -0.15) is 0 Å². The average Bonchev–Trinajstić information content (AvgIpc) is 2.33. The maximum Gasteiger partial charge on any atom is 0.522 e. The smallest absolute Gasteiger partial charge is 0.332 e. The molecule has 3 nitrogen and oxygen atoms in total. The predicted molar refractivity (Wildman–Crippen MR) is 43.7 cm³/mol. The number of ether oxygens (including phenoxy) is 1. The fourth-order valence-corrected chi connectivity index (χ4v) is 1.03. The van der Waals surface area contributed by atoms with Crippen molar-refractivity contribution < 1.29 is 17.9 Å². The van der Waals surface area contributed by atoms with Crippen LogP contribution in [-0.2, 0) is 11.3 Å². The molecule has 0 aliphatic rings. The third-order valence-electron chi connectivity index (χ3n) is 1.94. The summed E-state index contributed by atoms with van der Waals surface area (Å²) >= 11 is 0. The molecule has 0 radical (unpaired) electrons. The second kappa shape index (κ2) is 4.00. The number of nitrogens with zero attached hydrogens (tertiary/aromatic N) is 2. The molecule has 0 saturated carbocycles. The Morgan fingerprint density at radius 3 is 2.50 bits per heavy atom. The second-order valence-corrected chi connectivity index (χ2v) is 2.90. The lowest BCUT2D eigenvalue weighted by Crippen LogP contribution is -2.17. The standard InChI is InChI=1S/C8H11F3N2O/c1-6-7(2)13(5-12-6)3-4-14-8(9,10)11/h5H,3-4H2,1-2H3. The lowest BCUT2D eigenvalue weighted by molar-refractivity contribution is -0.325. The first-order valence-electron chi connectivity index (χ1n) is 4.09. The summed E-state index contributed by atoms with van der Waals surface area (Å²) in [6.07, 6.45) is -3.05. The molecule has 0 unspecified atom stereocenters. The summed E-state index contributed by atoms with van der Waals surface area (Å²) in [6.45, 7) is 3.37. The lowest BCUT2D eigenvalue weighted by Gasteiger charge is -2.08. The number of aryl methyl sites for hydroxylation is 1. The van der Waals surface area contributed by atoms with Gasteiger partial charge in [0.05, 0.1) is 18.6 Å². The molecule has 0 aliphatic heterocycles. The molecule has 1 aromatic rings. The second-order valence-electron chi connectivity index (χ2n) is 2.90. The SMILES string of the molecule is Cc1ncn(CCOC(F)(F)F)c1C. The zero-order chi connectivity index (χ0) is 10.8. The monoisotopic (exact) mass is 208 g/mol. The van der Waals surface area contributed by atoms with Gasteiger partial charge in [0.1, 0.15) is 0 Å². The highest BCUT2D eigenvalue weighted by Gasteiger charge is 2.28. The summed E-state index contributed by atoms with van der Waals surface area (Å²) in [4.78, 5) is 3.96. The van der Waals surface area contributed by atoms with E-state index in [4.69, 9.17) is 0 Å². The van der Waals surface area contributed by atoms with E-state index in [1.54, 1.807) is 18.4 Å². The van der Waals surface area contributed by atoms with Gasteiger partial charge in [-0.05, 0) is 13.8 Å². The van der Waals surface area contributed by atoms with E-state index in [0.29, 0.717) is 0 Å². The van der Waals surface area contributed by atoms with Gasteiger partial charge < -0.3 is 4.57 Å². The van der Waals surface area contributed by atoms with Crippen molar-refractivity contribution in [2.24, 2.45) is 0 Å². The quantitative estimate of drug-likeness (QED) is 0.760. The molecule has 0 saturated heterocycles. The maximum atomic E-state index is 11.6. The molecule has 80 valence electrons. The number of hydrogen-bond acceptors (Lipinski definition) is 2. The number of rotatable bonds is 3. The van der Waals surface area contributed by atoms with Gasteiger partial charge in [-0.1, -0.05) is 0 Å². The molecule has 14 heavy (non-hydrogen) atoms. The largest absolute Gasteiger partial charge is 0.522 e. The third-order valence-corrected chi connectivity index (χ3v) is 1.94. The lowest BCUT2D eigenvalue weighted by atomic mass is 10.4. The molecular formula is C8H11F3N2O. The van der Waals surface area contributed by atoms with Gasteiger partial charge in [0.25, 0.3) is 0 Å².